The maximum Gasteiger partial charge on any atom is 0.424 e. The lowest BCUT2D eigenvalue weighted by atomic mass is 9.81. The molecular weight excluding hydrogens is 622 g/mol. The van der Waals surface area contributed by atoms with Gasteiger partial charge in [0.2, 0.25) is 11.5 Å². The number of anilines is 2. The Balaban J connectivity index is 1.40. The first-order valence-corrected chi connectivity index (χ1v) is 14.0. The summed E-state index contributed by atoms with van der Waals surface area (Å²) < 4.78 is 63.8. The summed E-state index contributed by atoms with van der Waals surface area (Å²) in [6.07, 6.45) is 0.497. The van der Waals surface area contributed by atoms with E-state index < -0.39 is 47.1 Å². The molecule has 3 aromatic heterocycles. The lowest BCUT2D eigenvalue weighted by Gasteiger charge is -2.31. The number of pyridine rings is 2. The van der Waals surface area contributed by atoms with Crippen LogP contribution < -0.4 is 21.1 Å². The summed E-state index contributed by atoms with van der Waals surface area (Å²) in [5.41, 5.74) is -0.00505. The minimum atomic E-state index is -5.38. The van der Waals surface area contributed by atoms with Crippen molar-refractivity contribution < 1.29 is 37.0 Å². The first-order chi connectivity index (χ1) is 22.3. The summed E-state index contributed by atoms with van der Waals surface area (Å²) in [6, 6.07) is 11.7. The second kappa shape index (κ2) is 11.6. The maximum absolute atomic E-state index is 14.8. The van der Waals surface area contributed by atoms with Gasteiger partial charge in [0.1, 0.15) is 35.1 Å². The Morgan fingerprint density at radius 1 is 1.06 bits per heavy atom. The molecule has 2 aromatic carbocycles. The summed E-state index contributed by atoms with van der Waals surface area (Å²) >= 11 is 0. The quantitative estimate of drug-likeness (QED) is 0.180. The van der Waals surface area contributed by atoms with Crippen LogP contribution in [0.15, 0.2) is 79.4 Å². The van der Waals surface area contributed by atoms with Crippen molar-refractivity contribution in [3.63, 3.8) is 0 Å². The number of aromatic nitrogens is 4. The molecule has 47 heavy (non-hydrogen) atoms. The van der Waals surface area contributed by atoms with Crippen LogP contribution in [0.5, 0.6) is 5.75 Å². The van der Waals surface area contributed by atoms with Gasteiger partial charge in [0.25, 0.3) is 5.91 Å². The molecule has 2 atom stereocenters. The number of primary amides is 1. The monoisotopic (exact) mass is 647 g/mol. The molecule has 5 aromatic rings. The lowest BCUT2D eigenvalue weighted by Crippen LogP contribution is -2.51. The molecule has 0 spiro atoms. The Labute approximate surface area is 263 Å². The van der Waals surface area contributed by atoms with Gasteiger partial charge in [-0.05, 0) is 55.5 Å². The summed E-state index contributed by atoms with van der Waals surface area (Å²) in [5, 5.41) is 17.0. The van der Waals surface area contributed by atoms with E-state index in [2.05, 4.69) is 30.6 Å². The summed E-state index contributed by atoms with van der Waals surface area (Å²) in [6.45, 7) is -0.287. The van der Waals surface area contributed by atoms with Crippen molar-refractivity contribution in [2.24, 2.45) is 5.73 Å². The van der Waals surface area contributed by atoms with Crippen LogP contribution in [0.4, 0.5) is 29.1 Å². The predicted molar refractivity (Wildman–Crippen MR) is 161 cm³/mol. The zero-order valence-electron chi connectivity index (χ0n) is 24.5. The van der Waals surface area contributed by atoms with E-state index in [0.717, 1.165) is 18.2 Å². The number of hydrogen-bond acceptors (Lipinski definition) is 9. The number of carbonyl (C=O) groups excluding carboxylic acids is 2. The summed E-state index contributed by atoms with van der Waals surface area (Å²) in [4.78, 5) is 42.4. The second-order valence-electron chi connectivity index (χ2n) is 11.1. The highest BCUT2D eigenvalue weighted by Gasteiger charge is 2.57. The van der Waals surface area contributed by atoms with Crippen molar-refractivity contribution in [3.8, 4) is 17.0 Å². The molecule has 6 rings (SSSR count). The highest BCUT2D eigenvalue weighted by Crippen LogP contribution is 2.47. The highest BCUT2D eigenvalue weighted by atomic mass is 19.4. The molecule has 0 unspecified atom stereocenters. The molecule has 11 nitrogen and oxygen atoms in total. The number of hydrogen-bond donors (Lipinski definition) is 4. The van der Waals surface area contributed by atoms with Crippen LogP contribution in [-0.2, 0) is 15.8 Å². The first kappa shape index (κ1) is 31.3. The minimum Gasteiger partial charge on any atom is -0.489 e. The van der Waals surface area contributed by atoms with Gasteiger partial charge in [-0.2, -0.15) is 13.2 Å². The van der Waals surface area contributed by atoms with Crippen molar-refractivity contribution in [1.29, 1.82) is 0 Å². The SMILES string of the molecule is C[C@]1(C(N)=O)COc2c1cc([C@@](O)(CNC(=O)c1cc(Nc3cnccn3)c3ncccc3c1)C(F)(F)F)nc2-c1ccc(F)cc1. The lowest BCUT2D eigenvalue weighted by molar-refractivity contribution is -0.265. The number of nitrogens with one attached hydrogen (secondary N) is 2. The Kier molecular flexibility index (Phi) is 7.71. The van der Waals surface area contributed by atoms with Gasteiger partial charge in [-0.15, -0.1) is 0 Å². The summed E-state index contributed by atoms with van der Waals surface area (Å²) in [5.74, 6) is -2.17. The smallest absolute Gasteiger partial charge is 0.424 e. The molecule has 0 radical (unpaired) electrons. The topological polar surface area (TPSA) is 165 Å². The highest BCUT2D eigenvalue weighted by molar-refractivity contribution is 6.02. The zero-order valence-corrected chi connectivity index (χ0v) is 24.5. The Morgan fingerprint density at radius 3 is 2.51 bits per heavy atom. The number of halogens is 4. The standard InChI is InChI=1S/C32H25F4N7O4/c1-30(29(37)45)16-47-27-21(30)13-23(43-26(27)17-4-6-20(33)7-5-17)31(46,32(34,35)36)15-41-28(44)19-11-18-3-2-8-40-25(18)22(12-19)42-24-14-38-9-10-39-24/h2-14,46H,15-16H2,1H3,(H2,37,45)(H,39,42)(H,41,44)/t30-,31-/m0/s1. The van der Waals surface area contributed by atoms with E-state index in [4.69, 9.17) is 10.5 Å². The summed E-state index contributed by atoms with van der Waals surface area (Å²) in [7, 11) is 0. The largest absolute Gasteiger partial charge is 0.489 e. The molecule has 2 amide bonds. The first-order valence-electron chi connectivity index (χ1n) is 14.0. The molecule has 240 valence electrons. The molecule has 4 heterocycles. The molecule has 0 saturated carbocycles. The number of nitrogens with zero attached hydrogens (tertiary/aromatic N) is 4. The number of rotatable bonds is 8. The molecule has 1 aliphatic heterocycles. The van der Waals surface area contributed by atoms with Gasteiger partial charge in [0, 0.05) is 40.7 Å². The fourth-order valence-corrected chi connectivity index (χ4v) is 5.17. The van der Waals surface area contributed by atoms with E-state index in [0.29, 0.717) is 22.4 Å². The van der Waals surface area contributed by atoms with Gasteiger partial charge < -0.3 is 26.2 Å². The van der Waals surface area contributed by atoms with E-state index in [9.17, 15) is 32.3 Å². The number of alkyl halides is 3. The van der Waals surface area contributed by atoms with E-state index in [1.54, 1.807) is 12.1 Å². The van der Waals surface area contributed by atoms with Gasteiger partial charge in [0.15, 0.2) is 0 Å². The second-order valence-corrected chi connectivity index (χ2v) is 11.1. The fourth-order valence-electron chi connectivity index (χ4n) is 5.17. The molecule has 0 bridgehead atoms. The number of nitrogens with two attached hydrogens (primary N) is 1. The third-order valence-electron chi connectivity index (χ3n) is 7.92. The molecule has 15 heteroatoms. The molecule has 1 aliphatic rings. The van der Waals surface area contributed by atoms with Crippen LogP contribution in [0.1, 0.15) is 28.5 Å². The maximum atomic E-state index is 14.8. The van der Waals surface area contributed by atoms with Crippen molar-refractivity contribution >= 4 is 34.2 Å². The fraction of sp³-hybridized carbons (Fsp3) is 0.188. The van der Waals surface area contributed by atoms with E-state index >= 15 is 0 Å². The molecule has 0 fully saturated rings. The Morgan fingerprint density at radius 2 is 1.83 bits per heavy atom. The normalized spacial score (nSPS) is 17.0. The molecule has 0 aliphatic carbocycles. The Bertz CT molecular complexity index is 2010. The van der Waals surface area contributed by atoms with Gasteiger partial charge in [0.05, 0.1) is 29.6 Å². The number of amides is 2. The third-order valence-corrected chi connectivity index (χ3v) is 7.92. The van der Waals surface area contributed by atoms with Gasteiger partial charge in [-0.25, -0.2) is 14.4 Å². The minimum absolute atomic E-state index is 0.0388. The van der Waals surface area contributed by atoms with Crippen LogP contribution in [0.25, 0.3) is 22.2 Å². The van der Waals surface area contributed by atoms with Crippen molar-refractivity contribution in [3.05, 3.63) is 102 Å². The van der Waals surface area contributed by atoms with Crippen molar-refractivity contribution in [1.82, 2.24) is 25.3 Å². The van der Waals surface area contributed by atoms with Crippen molar-refractivity contribution in [2.45, 2.75) is 24.1 Å². The number of carbonyl (C=O) groups is 2. The zero-order chi connectivity index (χ0) is 33.6. The van der Waals surface area contributed by atoms with Crippen LogP contribution in [0.3, 0.4) is 0 Å². The van der Waals surface area contributed by atoms with E-state index in [-0.39, 0.29) is 34.7 Å². The molecular formula is C32H25F4N7O4. The van der Waals surface area contributed by atoms with Crippen LogP contribution in [0.2, 0.25) is 0 Å². The Hall–Kier alpha value is -5.70. The average molecular weight is 648 g/mol. The number of fused-ring (bicyclic) bond motifs is 2. The van der Waals surface area contributed by atoms with Crippen LogP contribution in [0, 0.1) is 5.82 Å². The van der Waals surface area contributed by atoms with Crippen LogP contribution in [-0.4, -0.2) is 56.2 Å². The number of benzene rings is 2. The van der Waals surface area contributed by atoms with E-state index in [1.807, 2.05) is 0 Å². The van der Waals surface area contributed by atoms with Crippen LogP contribution >= 0.6 is 0 Å². The van der Waals surface area contributed by atoms with Crippen molar-refractivity contribution in [2.75, 3.05) is 18.5 Å². The predicted octanol–water partition coefficient (Wildman–Crippen LogP) is 4.28. The molecule has 0 saturated heterocycles. The molecule has 5 N–H and O–H groups in total. The average Bonchev–Trinajstić information content (AvgIpc) is 3.41. The van der Waals surface area contributed by atoms with E-state index in [1.165, 1.54) is 56.0 Å². The number of ether oxygens (including phenoxy) is 1. The van der Waals surface area contributed by atoms with Gasteiger partial charge in [-0.1, -0.05) is 6.07 Å². The number of aliphatic hydroxyl groups is 1. The third kappa shape index (κ3) is 5.65. The van der Waals surface area contributed by atoms with Gasteiger partial charge >= 0.3 is 6.18 Å². The van der Waals surface area contributed by atoms with Gasteiger partial charge in [-0.3, -0.25) is 19.6 Å².